The van der Waals surface area contributed by atoms with Gasteiger partial charge < -0.3 is 4.74 Å². The molecule has 1 nitrogen and oxygen atoms in total. The van der Waals surface area contributed by atoms with E-state index in [1.165, 1.54) is 12.0 Å². The van der Waals surface area contributed by atoms with Crippen LogP contribution in [0.5, 0.6) is 0 Å². The van der Waals surface area contributed by atoms with Gasteiger partial charge in [-0.3, -0.25) is 0 Å². The van der Waals surface area contributed by atoms with Gasteiger partial charge in [0.2, 0.25) is 0 Å². The van der Waals surface area contributed by atoms with E-state index in [0.717, 1.165) is 25.9 Å². The Morgan fingerprint density at radius 3 is 2.73 bits per heavy atom. The standard InChI is InChI=1S/C13H21ClO/c1-9(2)11-7-10-3-4-12(14)5-6-13(10)15-8-11/h7,9-10,12-13H,3-6,8H2,1-2H3. The van der Waals surface area contributed by atoms with E-state index in [2.05, 4.69) is 19.9 Å². The highest BCUT2D eigenvalue weighted by Crippen LogP contribution is 2.34. The summed E-state index contributed by atoms with van der Waals surface area (Å²) in [7, 11) is 0. The van der Waals surface area contributed by atoms with Crippen LogP contribution in [0.4, 0.5) is 0 Å². The molecular weight excluding hydrogens is 208 g/mol. The van der Waals surface area contributed by atoms with Crippen LogP contribution in [-0.4, -0.2) is 18.1 Å². The molecule has 2 heteroatoms. The summed E-state index contributed by atoms with van der Waals surface area (Å²) in [4.78, 5) is 0. The highest BCUT2D eigenvalue weighted by molar-refractivity contribution is 6.20. The minimum atomic E-state index is 0.370. The zero-order chi connectivity index (χ0) is 10.8. The van der Waals surface area contributed by atoms with Crippen molar-refractivity contribution < 1.29 is 4.74 Å². The summed E-state index contributed by atoms with van der Waals surface area (Å²) in [6.07, 6.45) is 7.52. The minimum Gasteiger partial charge on any atom is -0.373 e. The van der Waals surface area contributed by atoms with Gasteiger partial charge in [0.1, 0.15) is 0 Å². The van der Waals surface area contributed by atoms with Crippen LogP contribution in [-0.2, 0) is 4.74 Å². The highest BCUT2D eigenvalue weighted by atomic mass is 35.5. The van der Waals surface area contributed by atoms with Crippen molar-refractivity contribution in [3.8, 4) is 0 Å². The van der Waals surface area contributed by atoms with E-state index < -0.39 is 0 Å². The van der Waals surface area contributed by atoms with Gasteiger partial charge in [0.15, 0.2) is 0 Å². The van der Waals surface area contributed by atoms with Crippen LogP contribution in [0.2, 0.25) is 0 Å². The Kier molecular flexibility index (Phi) is 3.73. The SMILES string of the molecule is CC(C)C1=CC2CCC(Cl)CCC2OC1. The molecule has 0 N–H and O–H groups in total. The van der Waals surface area contributed by atoms with Crippen LogP contribution in [0.3, 0.4) is 0 Å². The first-order chi connectivity index (χ1) is 7.16. The molecular formula is C13H21ClO. The van der Waals surface area contributed by atoms with E-state index >= 15 is 0 Å². The monoisotopic (exact) mass is 228 g/mol. The fourth-order valence-electron chi connectivity index (χ4n) is 2.55. The predicted molar refractivity (Wildman–Crippen MR) is 64.3 cm³/mol. The van der Waals surface area contributed by atoms with E-state index in [1.54, 1.807) is 0 Å². The topological polar surface area (TPSA) is 9.23 Å². The Labute approximate surface area is 97.8 Å². The number of hydrogen-bond donors (Lipinski definition) is 0. The molecule has 0 bridgehead atoms. The Hall–Kier alpha value is -0.0100. The zero-order valence-electron chi connectivity index (χ0n) is 9.71. The van der Waals surface area contributed by atoms with Crippen molar-refractivity contribution in [2.75, 3.05) is 6.61 Å². The third-order valence-electron chi connectivity index (χ3n) is 3.69. The molecule has 0 aromatic carbocycles. The van der Waals surface area contributed by atoms with Gasteiger partial charge in [0.25, 0.3) is 0 Å². The highest BCUT2D eigenvalue weighted by Gasteiger charge is 2.29. The van der Waals surface area contributed by atoms with Crippen LogP contribution < -0.4 is 0 Å². The number of ether oxygens (including phenoxy) is 1. The largest absolute Gasteiger partial charge is 0.373 e. The maximum Gasteiger partial charge on any atom is 0.0683 e. The molecule has 1 aliphatic carbocycles. The van der Waals surface area contributed by atoms with Gasteiger partial charge in [-0.2, -0.15) is 0 Å². The van der Waals surface area contributed by atoms with Crippen molar-refractivity contribution in [1.82, 2.24) is 0 Å². The first-order valence-corrected chi connectivity index (χ1v) is 6.56. The summed E-state index contributed by atoms with van der Waals surface area (Å²) in [5, 5.41) is 0.370. The molecule has 0 radical (unpaired) electrons. The van der Waals surface area contributed by atoms with Gasteiger partial charge >= 0.3 is 0 Å². The normalized spacial score (nSPS) is 37.1. The summed E-state index contributed by atoms with van der Waals surface area (Å²) in [6.45, 7) is 5.33. The Bertz CT molecular complexity index is 247. The van der Waals surface area contributed by atoms with Gasteiger partial charge in [0.05, 0.1) is 12.7 Å². The fraction of sp³-hybridized carbons (Fsp3) is 0.846. The molecule has 0 amide bonds. The lowest BCUT2D eigenvalue weighted by molar-refractivity contribution is 0.0199. The maximum absolute atomic E-state index is 6.21. The van der Waals surface area contributed by atoms with E-state index in [4.69, 9.17) is 16.3 Å². The second-order valence-corrected chi connectivity index (χ2v) is 5.78. The van der Waals surface area contributed by atoms with Crippen LogP contribution in [0, 0.1) is 11.8 Å². The van der Waals surface area contributed by atoms with Crippen LogP contribution in [0.25, 0.3) is 0 Å². The molecule has 3 unspecified atom stereocenters. The molecule has 2 rings (SSSR count). The first-order valence-electron chi connectivity index (χ1n) is 6.13. The number of rotatable bonds is 1. The minimum absolute atomic E-state index is 0.370. The molecule has 0 saturated heterocycles. The van der Waals surface area contributed by atoms with Gasteiger partial charge in [-0.15, -0.1) is 11.6 Å². The molecule has 1 fully saturated rings. The molecule has 0 spiro atoms. The molecule has 1 heterocycles. The van der Waals surface area contributed by atoms with Crippen molar-refractivity contribution in [1.29, 1.82) is 0 Å². The summed E-state index contributed by atoms with van der Waals surface area (Å²) < 4.78 is 5.96. The predicted octanol–water partition coefficient (Wildman–Crippen LogP) is 3.77. The Balaban J connectivity index is 2.06. The number of fused-ring (bicyclic) bond motifs is 1. The van der Waals surface area contributed by atoms with Crippen molar-refractivity contribution in [2.24, 2.45) is 11.8 Å². The summed E-state index contributed by atoms with van der Waals surface area (Å²) in [6, 6.07) is 0. The van der Waals surface area contributed by atoms with Crippen molar-refractivity contribution in [2.45, 2.75) is 51.0 Å². The van der Waals surface area contributed by atoms with Crippen molar-refractivity contribution >= 4 is 11.6 Å². The summed E-state index contributed by atoms with van der Waals surface area (Å²) in [5.74, 6) is 1.25. The van der Waals surface area contributed by atoms with E-state index in [-0.39, 0.29) is 0 Å². The average molecular weight is 229 g/mol. The fourth-order valence-corrected chi connectivity index (χ4v) is 2.80. The molecule has 1 saturated carbocycles. The second kappa shape index (κ2) is 4.88. The number of hydrogen-bond acceptors (Lipinski definition) is 1. The molecule has 2 aliphatic rings. The smallest absolute Gasteiger partial charge is 0.0683 e. The van der Waals surface area contributed by atoms with Gasteiger partial charge in [-0.25, -0.2) is 0 Å². The quantitative estimate of drug-likeness (QED) is 0.491. The van der Waals surface area contributed by atoms with E-state index in [9.17, 15) is 0 Å². The van der Waals surface area contributed by atoms with Gasteiger partial charge in [-0.1, -0.05) is 19.9 Å². The Morgan fingerprint density at radius 1 is 1.27 bits per heavy atom. The lowest BCUT2D eigenvalue weighted by atomic mass is 9.89. The van der Waals surface area contributed by atoms with E-state index in [0.29, 0.717) is 23.3 Å². The first kappa shape index (κ1) is 11.5. The van der Waals surface area contributed by atoms with E-state index in [1.807, 2.05) is 0 Å². The van der Waals surface area contributed by atoms with Crippen LogP contribution in [0.1, 0.15) is 39.5 Å². The lowest BCUT2D eigenvalue weighted by Gasteiger charge is -2.30. The number of alkyl halides is 1. The second-order valence-electron chi connectivity index (χ2n) is 5.16. The number of halogens is 1. The average Bonchev–Trinajstić information content (AvgIpc) is 2.40. The van der Waals surface area contributed by atoms with Gasteiger partial charge in [-0.05, 0) is 37.2 Å². The molecule has 0 aromatic rings. The molecule has 0 aromatic heterocycles. The molecule has 3 atom stereocenters. The van der Waals surface area contributed by atoms with Crippen LogP contribution in [0.15, 0.2) is 11.6 Å². The van der Waals surface area contributed by atoms with Gasteiger partial charge in [0, 0.05) is 11.3 Å². The molecule has 86 valence electrons. The van der Waals surface area contributed by atoms with Crippen molar-refractivity contribution in [3.63, 3.8) is 0 Å². The third-order valence-corrected chi connectivity index (χ3v) is 4.13. The molecule has 1 aliphatic heterocycles. The Morgan fingerprint density at radius 2 is 2.00 bits per heavy atom. The summed E-state index contributed by atoms with van der Waals surface area (Å²) >= 11 is 6.21. The third kappa shape index (κ3) is 2.76. The zero-order valence-corrected chi connectivity index (χ0v) is 10.5. The molecule has 15 heavy (non-hydrogen) atoms. The maximum atomic E-state index is 6.21. The van der Waals surface area contributed by atoms with Crippen molar-refractivity contribution in [3.05, 3.63) is 11.6 Å². The van der Waals surface area contributed by atoms with Crippen LogP contribution >= 0.6 is 11.6 Å². The lowest BCUT2D eigenvalue weighted by Crippen LogP contribution is -2.28. The summed E-state index contributed by atoms with van der Waals surface area (Å²) in [5.41, 5.74) is 1.48.